The lowest BCUT2D eigenvalue weighted by molar-refractivity contribution is 0.102. The van der Waals surface area contributed by atoms with Crippen LogP contribution in [0, 0.1) is 5.92 Å². The average molecular weight is 424 g/mol. The Morgan fingerprint density at radius 1 is 1.00 bits per heavy atom. The quantitative estimate of drug-likeness (QED) is 0.489. The maximum absolute atomic E-state index is 13.2. The third kappa shape index (κ3) is 4.12. The van der Waals surface area contributed by atoms with E-state index in [4.69, 9.17) is 5.10 Å². The summed E-state index contributed by atoms with van der Waals surface area (Å²) in [5, 5.41) is 7.72. The molecule has 160 valence electrons. The molecule has 1 aliphatic rings. The molecule has 4 aromatic rings. The number of para-hydroxylation sites is 1. The summed E-state index contributed by atoms with van der Waals surface area (Å²) >= 11 is 0. The first-order valence-electron chi connectivity index (χ1n) is 10.9. The highest BCUT2D eigenvalue weighted by molar-refractivity contribution is 6.08. The van der Waals surface area contributed by atoms with Crippen molar-refractivity contribution in [1.29, 1.82) is 0 Å². The molecule has 1 atom stereocenters. The van der Waals surface area contributed by atoms with Crippen LogP contribution in [0.25, 0.3) is 16.9 Å². The van der Waals surface area contributed by atoms with Gasteiger partial charge in [0.25, 0.3) is 5.91 Å². The molecule has 1 aliphatic heterocycles. The fourth-order valence-electron chi connectivity index (χ4n) is 4.09. The summed E-state index contributed by atoms with van der Waals surface area (Å²) in [5.41, 5.74) is 4.74. The lowest BCUT2D eigenvalue weighted by Crippen LogP contribution is -2.19. The molecule has 1 fully saturated rings. The number of nitrogens with one attached hydrogen (secondary N) is 1. The Hall–Kier alpha value is -3.93. The monoisotopic (exact) mass is 423 g/mol. The lowest BCUT2D eigenvalue weighted by Gasteiger charge is -2.18. The van der Waals surface area contributed by atoms with Gasteiger partial charge in [-0.05, 0) is 60.9 Å². The van der Waals surface area contributed by atoms with Gasteiger partial charge in [0.1, 0.15) is 5.69 Å². The van der Waals surface area contributed by atoms with Crippen LogP contribution in [0.2, 0.25) is 0 Å². The smallest absolute Gasteiger partial charge is 0.259 e. The van der Waals surface area contributed by atoms with Gasteiger partial charge >= 0.3 is 0 Å². The Bertz CT molecular complexity index is 1200. The first-order chi connectivity index (χ1) is 15.7. The largest absolute Gasteiger partial charge is 0.371 e. The van der Waals surface area contributed by atoms with Gasteiger partial charge in [-0.15, -0.1) is 0 Å². The summed E-state index contributed by atoms with van der Waals surface area (Å²) < 4.78 is 1.73. The van der Waals surface area contributed by atoms with Gasteiger partial charge in [0.15, 0.2) is 0 Å². The number of rotatable bonds is 5. The number of hydrogen-bond donors (Lipinski definition) is 1. The van der Waals surface area contributed by atoms with Crippen LogP contribution in [0.4, 0.5) is 11.4 Å². The summed E-state index contributed by atoms with van der Waals surface area (Å²) in [6.45, 7) is 4.45. The lowest BCUT2D eigenvalue weighted by atomic mass is 10.1. The second-order valence-corrected chi connectivity index (χ2v) is 8.25. The molecule has 5 rings (SSSR count). The Balaban J connectivity index is 1.42. The molecule has 0 bridgehead atoms. The van der Waals surface area contributed by atoms with E-state index in [0.717, 1.165) is 35.9 Å². The van der Waals surface area contributed by atoms with Crippen molar-refractivity contribution in [3.05, 3.63) is 90.9 Å². The summed E-state index contributed by atoms with van der Waals surface area (Å²) in [6.07, 6.45) is 6.42. The minimum absolute atomic E-state index is 0.200. The van der Waals surface area contributed by atoms with Crippen LogP contribution >= 0.6 is 0 Å². The minimum Gasteiger partial charge on any atom is -0.371 e. The molecule has 0 spiro atoms. The minimum atomic E-state index is -0.200. The number of carbonyl (C=O) groups is 1. The van der Waals surface area contributed by atoms with Gasteiger partial charge < -0.3 is 10.2 Å². The van der Waals surface area contributed by atoms with Gasteiger partial charge in [0.2, 0.25) is 0 Å². The molecule has 0 radical (unpaired) electrons. The number of nitrogens with zero attached hydrogens (tertiary/aromatic N) is 4. The van der Waals surface area contributed by atoms with Crippen LogP contribution in [0.3, 0.4) is 0 Å². The molecule has 1 unspecified atom stereocenters. The molecule has 1 N–H and O–H groups in total. The summed E-state index contributed by atoms with van der Waals surface area (Å²) in [7, 11) is 0. The molecule has 0 saturated carbocycles. The van der Waals surface area contributed by atoms with Crippen molar-refractivity contribution in [2.45, 2.75) is 13.3 Å². The Labute approximate surface area is 187 Å². The number of benzene rings is 2. The molecule has 32 heavy (non-hydrogen) atoms. The number of aromatic nitrogens is 3. The molecule has 2 aromatic heterocycles. The number of anilines is 2. The van der Waals surface area contributed by atoms with E-state index in [1.165, 1.54) is 12.1 Å². The highest BCUT2D eigenvalue weighted by Crippen LogP contribution is 2.27. The highest BCUT2D eigenvalue weighted by Gasteiger charge is 2.20. The van der Waals surface area contributed by atoms with E-state index in [-0.39, 0.29) is 5.91 Å². The highest BCUT2D eigenvalue weighted by atomic mass is 16.1. The summed E-state index contributed by atoms with van der Waals surface area (Å²) in [4.78, 5) is 19.8. The fraction of sp³-hybridized carbons (Fsp3) is 0.192. The van der Waals surface area contributed by atoms with Gasteiger partial charge in [-0.3, -0.25) is 9.78 Å². The first kappa shape index (κ1) is 20.0. The zero-order valence-electron chi connectivity index (χ0n) is 18.0. The second kappa shape index (κ2) is 8.67. The van der Waals surface area contributed by atoms with Crippen LogP contribution in [0.15, 0.2) is 85.3 Å². The van der Waals surface area contributed by atoms with Gasteiger partial charge in [-0.2, -0.15) is 5.10 Å². The molecular weight excluding hydrogens is 398 g/mol. The Kier molecular flexibility index (Phi) is 5.42. The second-order valence-electron chi connectivity index (χ2n) is 8.25. The first-order valence-corrected chi connectivity index (χ1v) is 10.9. The van der Waals surface area contributed by atoms with E-state index in [9.17, 15) is 4.79 Å². The van der Waals surface area contributed by atoms with Crippen molar-refractivity contribution in [3.63, 3.8) is 0 Å². The van der Waals surface area contributed by atoms with E-state index >= 15 is 0 Å². The van der Waals surface area contributed by atoms with Crippen molar-refractivity contribution in [2.24, 2.45) is 5.92 Å². The van der Waals surface area contributed by atoms with Gasteiger partial charge in [-0.1, -0.05) is 25.1 Å². The van der Waals surface area contributed by atoms with Gasteiger partial charge in [-0.25, -0.2) is 4.68 Å². The predicted molar refractivity (Wildman–Crippen MR) is 127 cm³/mol. The zero-order valence-corrected chi connectivity index (χ0v) is 18.0. The fourth-order valence-corrected chi connectivity index (χ4v) is 4.09. The number of hydrogen-bond acceptors (Lipinski definition) is 4. The third-order valence-corrected chi connectivity index (χ3v) is 5.83. The van der Waals surface area contributed by atoms with Crippen LogP contribution in [-0.4, -0.2) is 33.8 Å². The van der Waals surface area contributed by atoms with Gasteiger partial charge in [0, 0.05) is 48.6 Å². The van der Waals surface area contributed by atoms with Crippen molar-refractivity contribution < 1.29 is 4.79 Å². The number of pyridine rings is 1. The topological polar surface area (TPSA) is 63.1 Å². The Morgan fingerprint density at radius 3 is 2.50 bits per heavy atom. The van der Waals surface area contributed by atoms with Crippen molar-refractivity contribution in [3.8, 4) is 16.9 Å². The van der Waals surface area contributed by atoms with Gasteiger partial charge in [0.05, 0.1) is 11.3 Å². The van der Waals surface area contributed by atoms with Crippen molar-refractivity contribution in [1.82, 2.24) is 14.8 Å². The van der Waals surface area contributed by atoms with E-state index in [2.05, 4.69) is 34.3 Å². The maximum Gasteiger partial charge on any atom is 0.259 e. The van der Waals surface area contributed by atoms with Crippen LogP contribution < -0.4 is 10.2 Å². The molecule has 3 heterocycles. The molecule has 1 saturated heterocycles. The van der Waals surface area contributed by atoms with Crippen LogP contribution in [0.5, 0.6) is 0 Å². The summed E-state index contributed by atoms with van der Waals surface area (Å²) in [6, 6.07) is 21.6. The standard InChI is InChI=1S/C26H25N5O/c1-19-13-15-30(17-19)22-11-9-21(10-12-22)28-26(32)24-18-31(23-7-3-2-4-8-23)29-25(24)20-6-5-14-27-16-20/h2-12,14,16,18-19H,13,15,17H2,1H3,(H,28,32). The molecule has 1 amide bonds. The average Bonchev–Trinajstić information content (AvgIpc) is 3.48. The van der Waals surface area contributed by atoms with E-state index < -0.39 is 0 Å². The maximum atomic E-state index is 13.2. The van der Waals surface area contributed by atoms with Crippen molar-refractivity contribution >= 4 is 17.3 Å². The SMILES string of the molecule is CC1CCN(c2ccc(NC(=O)c3cn(-c4ccccc4)nc3-c3cccnc3)cc2)C1. The normalized spacial score (nSPS) is 15.7. The molecular formula is C26H25N5O. The summed E-state index contributed by atoms with van der Waals surface area (Å²) in [5.74, 6) is 0.523. The number of carbonyl (C=O) groups excluding carboxylic acids is 1. The molecule has 2 aromatic carbocycles. The predicted octanol–water partition coefficient (Wildman–Crippen LogP) is 5.03. The van der Waals surface area contributed by atoms with E-state index in [1.54, 1.807) is 23.3 Å². The van der Waals surface area contributed by atoms with Crippen LogP contribution in [0.1, 0.15) is 23.7 Å². The Morgan fingerprint density at radius 2 is 1.81 bits per heavy atom. The molecule has 6 heteroatoms. The molecule has 0 aliphatic carbocycles. The van der Waals surface area contributed by atoms with Crippen LogP contribution in [-0.2, 0) is 0 Å². The van der Waals surface area contributed by atoms with E-state index in [1.807, 2.05) is 54.6 Å². The van der Waals surface area contributed by atoms with Crippen molar-refractivity contribution in [2.75, 3.05) is 23.3 Å². The number of amides is 1. The zero-order chi connectivity index (χ0) is 21.9. The molecule has 6 nitrogen and oxygen atoms in total. The third-order valence-electron chi connectivity index (χ3n) is 5.83. The van der Waals surface area contributed by atoms with E-state index in [0.29, 0.717) is 11.3 Å².